The van der Waals surface area contributed by atoms with Gasteiger partial charge in [-0.15, -0.1) is 0 Å². The maximum absolute atomic E-state index is 15.3. The number of ether oxygens (including phenoxy) is 2. The first-order valence-corrected chi connectivity index (χ1v) is 11.3. The summed E-state index contributed by atoms with van der Waals surface area (Å²) in [7, 11) is 1.07. The van der Waals surface area contributed by atoms with E-state index in [1.165, 1.54) is 24.3 Å². The number of amidine groups is 1. The van der Waals surface area contributed by atoms with Crippen molar-refractivity contribution >= 4 is 17.7 Å². The number of nitrogens with one attached hydrogen (secondary N) is 1. The number of carbonyl (C=O) groups is 1. The van der Waals surface area contributed by atoms with E-state index in [0.717, 1.165) is 17.4 Å². The van der Waals surface area contributed by atoms with Crippen molar-refractivity contribution in [1.29, 1.82) is 0 Å². The Morgan fingerprint density at radius 2 is 1.59 bits per heavy atom. The first kappa shape index (κ1) is 24.1. The number of methoxy groups -OCH3 is 1. The molecule has 3 aromatic carbocycles. The minimum Gasteiger partial charge on any atom is -0.464 e. The largest absolute Gasteiger partial charge is 0.464 e. The van der Waals surface area contributed by atoms with Gasteiger partial charge in [0.05, 0.1) is 18.4 Å². The monoisotopic (exact) mass is 506 g/mol. The number of rotatable bonds is 4. The summed E-state index contributed by atoms with van der Waals surface area (Å²) in [6.45, 7) is 1.89. The molecule has 0 aliphatic carbocycles. The standard InChI is InChI=1S/C27H21F3N4O3/c1-17-13-15-19(16-14-17)31-25-32-26(27(28,29)30,18-9-5-3-6-10-18)21-22(24(35)36-2)33-34(23(21)37-25)20-11-7-4-8-12-20/h3-16H,1-2H3,(H,31,32)/t26-/m0/s1. The zero-order chi connectivity index (χ0) is 26.2. The van der Waals surface area contributed by atoms with Crippen LogP contribution < -0.4 is 10.1 Å². The molecule has 0 unspecified atom stereocenters. The molecule has 1 aromatic heterocycles. The highest BCUT2D eigenvalue weighted by Crippen LogP contribution is 2.54. The summed E-state index contributed by atoms with van der Waals surface area (Å²) in [5, 5.41) is 7.08. The predicted octanol–water partition coefficient (Wildman–Crippen LogP) is 5.63. The van der Waals surface area contributed by atoms with Gasteiger partial charge in [0, 0.05) is 5.69 Å². The lowest BCUT2D eigenvalue weighted by Gasteiger charge is -2.36. The topological polar surface area (TPSA) is 77.7 Å². The van der Waals surface area contributed by atoms with Crippen molar-refractivity contribution in [3.8, 4) is 11.6 Å². The molecule has 0 amide bonds. The number of halogens is 3. The Bertz CT molecular complexity index is 1470. The van der Waals surface area contributed by atoms with Crippen LogP contribution in [-0.2, 0) is 10.3 Å². The molecule has 1 aliphatic heterocycles. The number of benzene rings is 3. The molecule has 2 heterocycles. The van der Waals surface area contributed by atoms with E-state index < -0.39 is 35.0 Å². The predicted molar refractivity (Wildman–Crippen MR) is 131 cm³/mol. The molecule has 0 radical (unpaired) electrons. The van der Waals surface area contributed by atoms with Crippen LogP contribution in [0.25, 0.3) is 5.69 Å². The number of para-hydroxylation sites is 1. The first-order chi connectivity index (χ1) is 17.7. The van der Waals surface area contributed by atoms with Crippen LogP contribution in [0.15, 0.2) is 89.9 Å². The van der Waals surface area contributed by atoms with Gasteiger partial charge in [-0.25, -0.2) is 9.79 Å². The third-order valence-corrected chi connectivity index (χ3v) is 5.95. The van der Waals surface area contributed by atoms with Gasteiger partial charge in [0.15, 0.2) is 5.69 Å². The van der Waals surface area contributed by atoms with Crippen LogP contribution in [0.1, 0.15) is 27.2 Å². The summed E-state index contributed by atoms with van der Waals surface area (Å²) in [6.07, 6.45) is -5.00. The van der Waals surface area contributed by atoms with Gasteiger partial charge in [0.2, 0.25) is 11.4 Å². The summed E-state index contributed by atoms with van der Waals surface area (Å²) in [5.41, 5.74) is -2.53. The van der Waals surface area contributed by atoms with Crippen molar-refractivity contribution in [2.45, 2.75) is 18.6 Å². The molecule has 0 saturated carbocycles. The van der Waals surface area contributed by atoms with Gasteiger partial charge in [-0.05, 0) is 36.8 Å². The Morgan fingerprint density at radius 3 is 2.19 bits per heavy atom. The van der Waals surface area contributed by atoms with Crippen molar-refractivity contribution in [1.82, 2.24) is 9.78 Å². The number of nitrogens with zero attached hydrogens (tertiary/aromatic N) is 3. The number of aliphatic imine (C=N–C) groups is 1. The number of aryl methyl sites for hydroxylation is 1. The maximum atomic E-state index is 15.3. The normalized spacial score (nSPS) is 16.8. The van der Waals surface area contributed by atoms with Crippen molar-refractivity contribution in [3.05, 3.63) is 107 Å². The van der Waals surface area contributed by atoms with E-state index in [1.54, 1.807) is 60.7 Å². The van der Waals surface area contributed by atoms with E-state index in [4.69, 9.17) is 9.47 Å². The summed E-state index contributed by atoms with van der Waals surface area (Å²) in [5.74, 6) is -1.36. The van der Waals surface area contributed by atoms with Crippen molar-refractivity contribution < 1.29 is 27.4 Å². The van der Waals surface area contributed by atoms with Gasteiger partial charge in [0.1, 0.15) is 0 Å². The van der Waals surface area contributed by atoms with E-state index >= 15 is 13.2 Å². The molecule has 4 aromatic rings. The smallest absolute Gasteiger partial charge is 0.422 e. The van der Waals surface area contributed by atoms with Crippen LogP contribution in [0.2, 0.25) is 0 Å². The van der Waals surface area contributed by atoms with Crippen molar-refractivity contribution in [2.24, 2.45) is 4.99 Å². The van der Waals surface area contributed by atoms with Crippen molar-refractivity contribution in [3.63, 3.8) is 0 Å². The molecule has 0 fully saturated rings. The minimum absolute atomic E-state index is 0.215. The van der Waals surface area contributed by atoms with E-state index in [1.807, 2.05) is 6.92 Å². The van der Waals surface area contributed by atoms with Crippen LogP contribution >= 0.6 is 0 Å². The third kappa shape index (κ3) is 4.10. The molecule has 5 rings (SSSR count). The van der Waals surface area contributed by atoms with E-state index in [0.29, 0.717) is 11.4 Å². The summed E-state index contributed by atoms with van der Waals surface area (Å²) >= 11 is 0. The van der Waals surface area contributed by atoms with Gasteiger partial charge in [-0.2, -0.15) is 23.0 Å². The second-order valence-electron chi connectivity index (χ2n) is 8.35. The number of fused-ring (bicyclic) bond motifs is 1. The number of hydrogen-bond acceptors (Lipinski definition) is 6. The second kappa shape index (κ2) is 9.12. The average Bonchev–Trinajstić information content (AvgIpc) is 3.29. The number of carbonyl (C=O) groups excluding carboxylic acids is 1. The quantitative estimate of drug-likeness (QED) is 0.363. The number of hydrogen-bond donors (Lipinski definition) is 1. The maximum Gasteiger partial charge on any atom is 0.422 e. The van der Waals surface area contributed by atoms with Crippen LogP contribution in [0.3, 0.4) is 0 Å². The van der Waals surface area contributed by atoms with Gasteiger partial charge < -0.3 is 14.8 Å². The Balaban J connectivity index is 1.83. The van der Waals surface area contributed by atoms with Crippen LogP contribution in [0.4, 0.5) is 18.9 Å². The molecule has 0 saturated heterocycles. The molecule has 1 aliphatic rings. The van der Waals surface area contributed by atoms with Crippen LogP contribution in [0.5, 0.6) is 5.88 Å². The second-order valence-corrected chi connectivity index (χ2v) is 8.35. The van der Waals surface area contributed by atoms with Crippen LogP contribution in [-0.4, -0.2) is 35.1 Å². The lowest BCUT2D eigenvalue weighted by atomic mass is 9.81. The minimum atomic E-state index is -5.00. The highest BCUT2D eigenvalue weighted by atomic mass is 19.4. The molecular weight excluding hydrogens is 485 g/mol. The number of esters is 1. The molecule has 37 heavy (non-hydrogen) atoms. The highest BCUT2D eigenvalue weighted by molar-refractivity contribution is 5.96. The molecule has 10 heteroatoms. The summed E-state index contributed by atoms with van der Waals surface area (Å²) < 4.78 is 57.8. The molecule has 188 valence electrons. The molecule has 7 nitrogen and oxygen atoms in total. The molecule has 1 N–H and O–H groups in total. The Morgan fingerprint density at radius 1 is 0.973 bits per heavy atom. The summed E-state index contributed by atoms with van der Waals surface area (Å²) in [6, 6.07) is 22.1. The van der Waals surface area contributed by atoms with Gasteiger partial charge in [-0.1, -0.05) is 66.2 Å². The number of aromatic nitrogens is 2. The third-order valence-electron chi connectivity index (χ3n) is 5.95. The van der Waals surface area contributed by atoms with E-state index in [-0.39, 0.29) is 11.4 Å². The molecular formula is C27H21F3N4O3. The van der Waals surface area contributed by atoms with E-state index in [9.17, 15) is 4.79 Å². The number of alkyl halides is 3. The van der Waals surface area contributed by atoms with Crippen molar-refractivity contribution in [2.75, 3.05) is 12.4 Å². The Labute approximate surface area is 210 Å². The SMILES string of the molecule is COC(=O)c1nn(-c2ccccc2)c2c1[C@@](c1ccccc1)(C(F)(F)F)N=C(Nc1ccc(C)cc1)O2. The molecule has 1 atom stereocenters. The Hall–Kier alpha value is -4.60. The first-order valence-electron chi connectivity index (χ1n) is 11.3. The fraction of sp³-hybridized carbons (Fsp3) is 0.148. The highest BCUT2D eigenvalue weighted by Gasteiger charge is 2.64. The lowest BCUT2D eigenvalue weighted by molar-refractivity contribution is -0.177. The Kier molecular flexibility index (Phi) is 5.94. The van der Waals surface area contributed by atoms with Gasteiger partial charge in [0.25, 0.3) is 6.02 Å². The fourth-order valence-electron chi connectivity index (χ4n) is 4.20. The zero-order valence-corrected chi connectivity index (χ0v) is 19.8. The molecule has 0 bridgehead atoms. The van der Waals surface area contributed by atoms with Gasteiger partial charge >= 0.3 is 12.1 Å². The van der Waals surface area contributed by atoms with E-state index in [2.05, 4.69) is 15.4 Å². The molecule has 0 spiro atoms. The zero-order valence-electron chi connectivity index (χ0n) is 19.8. The average molecular weight is 506 g/mol. The summed E-state index contributed by atoms with van der Waals surface area (Å²) in [4.78, 5) is 16.9. The fourth-order valence-corrected chi connectivity index (χ4v) is 4.20. The number of anilines is 1. The van der Waals surface area contributed by atoms with Gasteiger partial charge in [-0.3, -0.25) is 0 Å². The van der Waals surface area contributed by atoms with Crippen LogP contribution in [0, 0.1) is 6.92 Å². The lowest BCUT2D eigenvalue weighted by Crippen LogP contribution is -2.47.